The fourth-order valence-electron chi connectivity index (χ4n) is 3.03. The lowest BCUT2D eigenvalue weighted by Crippen LogP contribution is -2.30. The van der Waals surface area contributed by atoms with Crippen molar-refractivity contribution in [1.82, 2.24) is 10.4 Å². The van der Waals surface area contributed by atoms with Crippen LogP contribution < -0.4 is 5.43 Å². The molecule has 0 aromatic carbocycles. The van der Waals surface area contributed by atoms with Crippen molar-refractivity contribution in [3.05, 3.63) is 16.1 Å². The maximum Gasteiger partial charge on any atom is 0.246 e. The maximum atomic E-state index is 11.9. The molecule has 0 radical (unpaired) electrons. The summed E-state index contributed by atoms with van der Waals surface area (Å²) in [6.45, 7) is 8.71. The first kappa shape index (κ1) is 15.2. The topological polar surface area (TPSA) is 54.4 Å². The average Bonchev–Trinajstić information content (AvgIpc) is 2.69. The second-order valence-electron chi connectivity index (χ2n) is 6.60. The Balaban J connectivity index is 1.90. The summed E-state index contributed by atoms with van der Waals surface area (Å²) >= 11 is 1.57. The molecule has 1 fully saturated rings. The molecule has 20 heavy (non-hydrogen) atoms. The molecular formula is C15H23N3OS. The van der Waals surface area contributed by atoms with Crippen LogP contribution in [0.4, 0.5) is 0 Å². The first-order chi connectivity index (χ1) is 9.34. The Hall–Kier alpha value is -1.23. The molecule has 0 unspecified atom stereocenters. The summed E-state index contributed by atoms with van der Waals surface area (Å²) < 4.78 is 0. The highest BCUT2D eigenvalue weighted by Crippen LogP contribution is 2.36. The third-order valence-corrected chi connectivity index (χ3v) is 4.34. The van der Waals surface area contributed by atoms with E-state index in [-0.39, 0.29) is 11.3 Å². The number of rotatable bonds is 3. The molecule has 1 aromatic heterocycles. The molecule has 1 aromatic rings. The van der Waals surface area contributed by atoms with E-state index in [0.29, 0.717) is 12.3 Å². The average molecular weight is 293 g/mol. The van der Waals surface area contributed by atoms with Gasteiger partial charge in [0.2, 0.25) is 5.91 Å². The van der Waals surface area contributed by atoms with Crippen molar-refractivity contribution < 1.29 is 4.79 Å². The van der Waals surface area contributed by atoms with Crippen molar-refractivity contribution in [1.29, 1.82) is 0 Å². The minimum atomic E-state index is -0.0844. The van der Waals surface area contributed by atoms with Gasteiger partial charge in [0, 0.05) is 11.1 Å². The highest BCUT2D eigenvalue weighted by atomic mass is 32.1. The quantitative estimate of drug-likeness (QED) is 0.869. The highest BCUT2D eigenvalue weighted by molar-refractivity contribution is 7.09. The molecule has 0 saturated heterocycles. The fraction of sp³-hybridized carbons (Fsp3) is 0.667. The second-order valence-corrected chi connectivity index (χ2v) is 7.66. The van der Waals surface area contributed by atoms with Gasteiger partial charge in [-0.05, 0) is 37.5 Å². The van der Waals surface area contributed by atoms with Crippen molar-refractivity contribution in [3.8, 4) is 0 Å². The Bertz CT molecular complexity index is 519. The van der Waals surface area contributed by atoms with E-state index >= 15 is 0 Å². The summed E-state index contributed by atoms with van der Waals surface area (Å²) in [6.07, 6.45) is 3.48. The van der Waals surface area contributed by atoms with Gasteiger partial charge in [-0.3, -0.25) is 4.79 Å². The molecule has 0 bridgehead atoms. The molecule has 1 aliphatic rings. The zero-order chi connectivity index (χ0) is 14.8. The smallest absolute Gasteiger partial charge is 0.246 e. The Morgan fingerprint density at radius 1 is 1.60 bits per heavy atom. The molecule has 110 valence electrons. The standard InChI is InChI=1S/C15H23N3OS/c1-10-5-12(8-15(3,4)7-10)17-18-14(19)6-13-9-20-11(2)16-13/h9-10H,5-8H2,1-4H3,(H,18,19)/b17-12+/t10-/m1/s1. The Morgan fingerprint density at radius 3 is 2.95 bits per heavy atom. The van der Waals surface area contributed by atoms with Gasteiger partial charge in [-0.2, -0.15) is 5.10 Å². The zero-order valence-electron chi connectivity index (χ0n) is 12.7. The number of nitrogens with one attached hydrogen (secondary N) is 1. The molecule has 4 nitrogen and oxygen atoms in total. The minimum Gasteiger partial charge on any atom is -0.273 e. The van der Waals surface area contributed by atoms with Gasteiger partial charge in [0.25, 0.3) is 0 Å². The van der Waals surface area contributed by atoms with Crippen LogP contribution in [0.3, 0.4) is 0 Å². The Kier molecular flexibility index (Phi) is 4.58. The van der Waals surface area contributed by atoms with Crippen molar-refractivity contribution in [2.75, 3.05) is 0 Å². The van der Waals surface area contributed by atoms with Crippen LogP contribution in [-0.2, 0) is 11.2 Å². The number of carbonyl (C=O) groups excluding carboxylic acids is 1. The molecule has 1 atom stereocenters. The number of aromatic nitrogens is 1. The summed E-state index contributed by atoms with van der Waals surface area (Å²) in [6, 6.07) is 0. The molecule has 1 aliphatic carbocycles. The van der Waals surface area contributed by atoms with E-state index in [1.807, 2.05) is 12.3 Å². The van der Waals surface area contributed by atoms with Crippen molar-refractivity contribution >= 4 is 23.0 Å². The van der Waals surface area contributed by atoms with Crippen LogP contribution in [0, 0.1) is 18.3 Å². The molecule has 1 N–H and O–H groups in total. The number of hydrogen-bond acceptors (Lipinski definition) is 4. The summed E-state index contributed by atoms with van der Waals surface area (Å²) in [5.41, 5.74) is 4.90. The van der Waals surface area contributed by atoms with E-state index in [4.69, 9.17) is 0 Å². The van der Waals surface area contributed by atoms with Crippen LogP contribution in [0.2, 0.25) is 0 Å². The van der Waals surface area contributed by atoms with E-state index in [0.717, 1.165) is 29.3 Å². The third kappa shape index (κ3) is 4.40. The summed E-state index contributed by atoms with van der Waals surface area (Å²) in [4.78, 5) is 16.1. The SMILES string of the molecule is Cc1nc(CC(=O)N/N=C2\C[C@@H](C)CC(C)(C)C2)cs1. The van der Waals surface area contributed by atoms with Gasteiger partial charge in [0.1, 0.15) is 0 Å². The molecule has 1 heterocycles. The van der Waals surface area contributed by atoms with E-state index in [1.165, 1.54) is 6.42 Å². The van der Waals surface area contributed by atoms with Gasteiger partial charge in [-0.15, -0.1) is 11.3 Å². The van der Waals surface area contributed by atoms with Crippen LogP contribution >= 0.6 is 11.3 Å². The molecule has 1 amide bonds. The van der Waals surface area contributed by atoms with Crippen LogP contribution in [0.25, 0.3) is 0 Å². The first-order valence-electron chi connectivity index (χ1n) is 7.09. The number of hydrazone groups is 1. The minimum absolute atomic E-state index is 0.0844. The third-order valence-electron chi connectivity index (χ3n) is 3.51. The summed E-state index contributed by atoms with van der Waals surface area (Å²) in [5, 5.41) is 7.24. The van der Waals surface area contributed by atoms with E-state index in [1.54, 1.807) is 11.3 Å². The monoisotopic (exact) mass is 293 g/mol. The van der Waals surface area contributed by atoms with Gasteiger partial charge in [-0.25, -0.2) is 10.4 Å². The van der Waals surface area contributed by atoms with Gasteiger partial charge < -0.3 is 0 Å². The number of aryl methyl sites for hydroxylation is 1. The second kappa shape index (κ2) is 6.04. The maximum absolute atomic E-state index is 11.9. The lowest BCUT2D eigenvalue weighted by Gasteiger charge is -2.34. The lowest BCUT2D eigenvalue weighted by molar-refractivity contribution is -0.120. The molecule has 0 spiro atoms. The Labute approximate surface area is 124 Å². The van der Waals surface area contributed by atoms with Crippen LogP contribution in [0.15, 0.2) is 10.5 Å². The van der Waals surface area contributed by atoms with E-state index < -0.39 is 0 Å². The normalized spacial score (nSPS) is 23.8. The molecular weight excluding hydrogens is 270 g/mol. The van der Waals surface area contributed by atoms with Gasteiger partial charge in [0.05, 0.1) is 17.1 Å². The predicted octanol–water partition coefficient (Wildman–Crippen LogP) is 3.31. The lowest BCUT2D eigenvalue weighted by atomic mass is 9.72. The molecule has 0 aliphatic heterocycles. The Morgan fingerprint density at radius 2 is 2.35 bits per heavy atom. The van der Waals surface area contributed by atoms with Crippen LogP contribution in [0.5, 0.6) is 0 Å². The van der Waals surface area contributed by atoms with Gasteiger partial charge in [0.15, 0.2) is 0 Å². The molecule has 5 heteroatoms. The first-order valence-corrected chi connectivity index (χ1v) is 7.97. The van der Waals surface area contributed by atoms with Crippen LogP contribution in [-0.4, -0.2) is 16.6 Å². The van der Waals surface area contributed by atoms with Crippen molar-refractivity contribution in [2.45, 2.75) is 53.4 Å². The number of thiazole rings is 1. The predicted molar refractivity (Wildman–Crippen MR) is 82.9 cm³/mol. The van der Waals surface area contributed by atoms with Crippen molar-refractivity contribution in [2.24, 2.45) is 16.4 Å². The molecule has 2 rings (SSSR count). The van der Waals surface area contributed by atoms with E-state index in [2.05, 4.69) is 36.3 Å². The number of nitrogens with zero attached hydrogens (tertiary/aromatic N) is 2. The van der Waals surface area contributed by atoms with Gasteiger partial charge in [-0.1, -0.05) is 20.8 Å². The van der Waals surface area contributed by atoms with Crippen LogP contribution in [0.1, 0.15) is 50.7 Å². The number of amides is 1. The molecule has 1 saturated carbocycles. The largest absolute Gasteiger partial charge is 0.273 e. The van der Waals surface area contributed by atoms with Gasteiger partial charge >= 0.3 is 0 Å². The summed E-state index contributed by atoms with van der Waals surface area (Å²) in [7, 11) is 0. The summed E-state index contributed by atoms with van der Waals surface area (Å²) in [5.74, 6) is 0.550. The highest BCUT2D eigenvalue weighted by Gasteiger charge is 2.29. The fourth-order valence-corrected chi connectivity index (χ4v) is 3.65. The van der Waals surface area contributed by atoms with E-state index in [9.17, 15) is 4.79 Å². The number of hydrogen-bond donors (Lipinski definition) is 1. The zero-order valence-corrected chi connectivity index (χ0v) is 13.5. The number of carbonyl (C=O) groups is 1. The van der Waals surface area contributed by atoms with Crippen molar-refractivity contribution in [3.63, 3.8) is 0 Å².